The first-order chi connectivity index (χ1) is 9.72. The Balaban J connectivity index is 1.55. The molecule has 20 heavy (non-hydrogen) atoms. The summed E-state index contributed by atoms with van der Waals surface area (Å²) in [6.45, 7) is 3.46. The van der Waals surface area contributed by atoms with Crippen LogP contribution in [0.1, 0.15) is 23.4 Å². The molecule has 0 spiro atoms. The highest BCUT2D eigenvalue weighted by molar-refractivity contribution is 9.11. The Morgan fingerprint density at radius 1 is 1.25 bits per heavy atom. The van der Waals surface area contributed by atoms with Crippen LogP contribution in [0.3, 0.4) is 0 Å². The number of benzene rings is 1. The van der Waals surface area contributed by atoms with Crippen molar-refractivity contribution in [1.29, 1.82) is 0 Å². The number of fused-ring (bicyclic) bond motifs is 1. The van der Waals surface area contributed by atoms with Crippen LogP contribution in [-0.2, 0) is 6.42 Å². The summed E-state index contributed by atoms with van der Waals surface area (Å²) in [6.07, 6.45) is 1.05. The van der Waals surface area contributed by atoms with Crippen LogP contribution in [0.25, 0.3) is 0 Å². The van der Waals surface area contributed by atoms with E-state index in [0.29, 0.717) is 12.8 Å². The SMILES string of the molecule is CC(NCCc1ccc(Br)s1)c1ccc2c(c1)OCO2. The van der Waals surface area contributed by atoms with E-state index in [2.05, 4.69) is 52.4 Å². The number of ether oxygens (including phenoxy) is 2. The van der Waals surface area contributed by atoms with Crippen molar-refractivity contribution in [3.63, 3.8) is 0 Å². The standard InChI is InChI=1S/C15H16BrNO2S/c1-10(17-7-6-12-3-5-15(16)20-12)11-2-4-13-14(8-11)19-9-18-13/h2-5,8,10,17H,6-7,9H2,1H3. The third kappa shape index (κ3) is 3.16. The van der Waals surface area contributed by atoms with E-state index >= 15 is 0 Å². The third-order valence-electron chi connectivity index (χ3n) is 3.35. The molecule has 0 saturated carbocycles. The summed E-state index contributed by atoms with van der Waals surface area (Å²) in [5.41, 5.74) is 1.22. The number of hydrogen-bond donors (Lipinski definition) is 1. The smallest absolute Gasteiger partial charge is 0.231 e. The van der Waals surface area contributed by atoms with Crippen LogP contribution in [0.2, 0.25) is 0 Å². The maximum atomic E-state index is 5.41. The molecule has 0 fully saturated rings. The van der Waals surface area contributed by atoms with E-state index in [1.54, 1.807) is 11.3 Å². The monoisotopic (exact) mass is 353 g/mol. The lowest BCUT2D eigenvalue weighted by molar-refractivity contribution is 0.174. The maximum Gasteiger partial charge on any atom is 0.231 e. The normalized spacial score (nSPS) is 14.5. The van der Waals surface area contributed by atoms with Crippen LogP contribution in [0.4, 0.5) is 0 Å². The second-order valence-corrected chi connectivity index (χ2v) is 7.29. The Bertz CT molecular complexity index is 599. The average molecular weight is 354 g/mol. The molecule has 0 aliphatic carbocycles. The summed E-state index contributed by atoms with van der Waals surface area (Å²) >= 11 is 5.28. The fourth-order valence-electron chi connectivity index (χ4n) is 2.20. The van der Waals surface area contributed by atoms with Gasteiger partial charge in [-0.3, -0.25) is 0 Å². The number of thiophene rings is 1. The van der Waals surface area contributed by atoms with E-state index in [9.17, 15) is 0 Å². The van der Waals surface area contributed by atoms with Crippen LogP contribution in [0.15, 0.2) is 34.1 Å². The molecule has 0 saturated heterocycles. The molecule has 0 radical (unpaired) electrons. The lowest BCUT2D eigenvalue weighted by atomic mass is 10.1. The van der Waals surface area contributed by atoms with Gasteiger partial charge in [-0.25, -0.2) is 0 Å². The summed E-state index contributed by atoms with van der Waals surface area (Å²) in [4.78, 5) is 1.39. The molecule has 2 aromatic rings. The van der Waals surface area contributed by atoms with Crippen molar-refractivity contribution >= 4 is 27.3 Å². The molecular weight excluding hydrogens is 338 g/mol. The summed E-state index contributed by atoms with van der Waals surface area (Å²) in [6, 6.07) is 10.7. The molecule has 1 N–H and O–H groups in total. The van der Waals surface area contributed by atoms with Crippen LogP contribution < -0.4 is 14.8 Å². The first kappa shape index (κ1) is 13.9. The van der Waals surface area contributed by atoms with Gasteiger partial charge in [-0.05, 0) is 59.1 Å². The summed E-state index contributed by atoms with van der Waals surface area (Å²) in [5.74, 6) is 1.68. The lowest BCUT2D eigenvalue weighted by Crippen LogP contribution is -2.21. The first-order valence-electron chi connectivity index (χ1n) is 6.59. The van der Waals surface area contributed by atoms with Crippen molar-refractivity contribution < 1.29 is 9.47 Å². The van der Waals surface area contributed by atoms with Gasteiger partial charge in [-0.15, -0.1) is 11.3 Å². The number of hydrogen-bond acceptors (Lipinski definition) is 4. The van der Waals surface area contributed by atoms with Crippen molar-refractivity contribution in [2.75, 3.05) is 13.3 Å². The topological polar surface area (TPSA) is 30.5 Å². The van der Waals surface area contributed by atoms with Crippen molar-refractivity contribution in [3.8, 4) is 11.5 Å². The molecule has 3 nitrogen and oxygen atoms in total. The van der Waals surface area contributed by atoms with Gasteiger partial charge < -0.3 is 14.8 Å². The van der Waals surface area contributed by atoms with Gasteiger partial charge in [-0.2, -0.15) is 0 Å². The molecule has 2 heterocycles. The van der Waals surface area contributed by atoms with Gasteiger partial charge >= 0.3 is 0 Å². The molecule has 1 aliphatic heterocycles. The average Bonchev–Trinajstić information content (AvgIpc) is 3.06. The minimum absolute atomic E-state index is 0.299. The number of nitrogens with one attached hydrogen (secondary N) is 1. The summed E-state index contributed by atoms with van der Waals surface area (Å²) in [5, 5.41) is 3.54. The number of halogens is 1. The molecule has 106 valence electrons. The van der Waals surface area contributed by atoms with Crippen molar-refractivity contribution in [1.82, 2.24) is 5.32 Å². The highest BCUT2D eigenvalue weighted by Crippen LogP contribution is 2.34. The minimum Gasteiger partial charge on any atom is -0.454 e. The predicted octanol–water partition coefficient (Wildman–Crippen LogP) is 4.13. The van der Waals surface area contributed by atoms with Crippen LogP contribution >= 0.6 is 27.3 Å². The Kier molecular flexibility index (Phi) is 4.29. The fourth-order valence-corrected chi connectivity index (χ4v) is 3.68. The van der Waals surface area contributed by atoms with Crippen molar-refractivity contribution in [2.45, 2.75) is 19.4 Å². The molecule has 1 aromatic heterocycles. The first-order valence-corrected chi connectivity index (χ1v) is 8.20. The number of rotatable bonds is 5. The Morgan fingerprint density at radius 2 is 2.10 bits per heavy atom. The molecule has 1 aromatic carbocycles. The molecule has 1 unspecified atom stereocenters. The quantitative estimate of drug-likeness (QED) is 0.876. The van der Waals surface area contributed by atoms with Crippen molar-refractivity contribution in [2.24, 2.45) is 0 Å². The zero-order valence-corrected chi connectivity index (χ0v) is 13.6. The lowest BCUT2D eigenvalue weighted by Gasteiger charge is -2.14. The van der Waals surface area contributed by atoms with E-state index in [1.807, 2.05) is 6.07 Å². The zero-order chi connectivity index (χ0) is 13.9. The van der Waals surface area contributed by atoms with Gasteiger partial charge in [0, 0.05) is 17.5 Å². The van der Waals surface area contributed by atoms with E-state index in [4.69, 9.17) is 9.47 Å². The molecule has 5 heteroatoms. The summed E-state index contributed by atoms with van der Waals surface area (Å²) < 4.78 is 11.9. The van der Waals surface area contributed by atoms with Gasteiger partial charge in [0.25, 0.3) is 0 Å². The molecule has 0 amide bonds. The van der Waals surface area contributed by atoms with Crippen LogP contribution in [0.5, 0.6) is 11.5 Å². The highest BCUT2D eigenvalue weighted by Gasteiger charge is 2.15. The Labute approximate surface area is 131 Å². The minimum atomic E-state index is 0.299. The van der Waals surface area contributed by atoms with Crippen LogP contribution in [0, 0.1) is 0 Å². The molecule has 3 rings (SSSR count). The van der Waals surface area contributed by atoms with Crippen molar-refractivity contribution in [3.05, 3.63) is 44.6 Å². The van der Waals surface area contributed by atoms with E-state index in [0.717, 1.165) is 24.5 Å². The largest absolute Gasteiger partial charge is 0.454 e. The Morgan fingerprint density at radius 3 is 2.90 bits per heavy atom. The third-order valence-corrected chi connectivity index (χ3v) is 5.03. The zero-order valence-electron chi connectivity index (χ0n) is 11.2. The predicted molar refractivity (Wildman–Crippen MR) is 84.7 cm³/mol. The maximum absolute atomic E-state index is 5.41. The second kappa shape index (κ2) is 6.16. The van der Waals surface area contributed by atoms with Gasteiger partial charge in [-0.1, -0.05) is 6.07 Å². The fraction of sp³-hybridized carbons (Fsp3) is 0.333. The van der Waals surface area contributed by atoms with E-state index in [-0.39, 0.29) is 0 Å². The second-order valence-electron chi connectivity index (χ2n) is 4.74. The van der Waals surface area contributed by atoms with Gasteiger partial charge in [0.2, 0.25) is 6.79 Å². The van der Waals surface area contributed by atoms with Gasteiger partial charge in [0.15, 0.2) is 11.5 Å². The Hall–Kier alpha value is -1.04. The van der Waals surface area contributed by atoms with Crippen LogP contribution in [-0.4, -0.2) is 13.3 Å². The molecule has 1 atom stereocenters. The van der Waals surface area contributed by atoms with Gasteiger partial charge in [0.1, 0.15) is 0 Å². The van der Waals surface area contributed by atoms with E-state index in [1.165, 1.54) is 14.2 Å². The van der Waals surface area contributed by atoms with Gasteiger partial charge in [0.05, 0.1) is 3.79 Å². The van der Waals surface area contributed by atoms with E-state index < -0.39 is 0 Å². The molecular formula is C15H16BrNO2S. The molecule has 0 bridgehead atoms. The highest BCUT2D eigenvalue weighted by atomic mass is 79.9. The molecule has 1 aliphatic rings. The summed E-state index contributed by atoms with van der Waals surface area (Å²) in [7, 11) is 0.